The van der Waals surface area contributed by atoms with Crippen LogP contribution in [0.25, 0.3) is 0 Å². The molecule has 2 rings (SSSR count). The van der Waals surface area contributed by atoms with Crippen LogP contribution < -0.4 is 9.97 Å². The number of hydrogen-bond donors (Lipinski definition) is 2. The third-order valence-corrected chi connectivity index (χ3v) is 3.66. The monoisotopic (exact) mass is 326 g/mol. The standard InChI is InChI=1S/C13H11BF2NO4S/c15-13(16)22-6-8(5-18)17-10-4-7-2-1-3-9(12(19)20)11(7)21-14-10/h1-3,10,13,17H,4,6H2,(H,19,20)/t10-/m0/s1. The molecule has 5 nitrogen and oxygen atoms in total. The van der Waals surface area contributed by atoms with Gasteiger partial charge in [0.25, 0.3) is 5.76 Å². The molecule has 1 aliphatic heterocycles. The number of nitrogens with one attached hydrogen (secondary N) is 1. The molecule has 0 fully saturated rings. The Morgan fingerprint density at radius 1 is 1.59 bits per heavy atom. The number of aromatic carboxylic acids is 1. The van der Waals surface area contributed by atoms with Crippen LogP contribution in [0.15, 0.2) is 23.9 Å². The number of carboxylic acid groups (broad SMARTS) is 1. The SMILES string of the molecule is O=C=C(CSC(F)F)N[C@@H]1[B]Oc2c(cccc2C(=O)O)C1. The minimum atomic E-state index is -2.57. The second-order valence-corrected chi connectivity index (χ2v) is 5.44. The van der Waals surface area contributed by atoms with Gasteiger partial charge in [0.2, 0.25) is 0 Å². The number of carbonyl (C=O) groups excluding carboxylic acids is 1. The van der Waals surface area contributed by atoms with Gasteiger partial charge in [0, 0.05) is 11.7 Å². The van der Waals surface area contributed by atoms with Crippen molar-refractivity contribution in [1.82, 2.24) is 5.32 Å². The number of para-hydroxylation sites is 1. The summed E-state index contributed by atoms with van der Waals surface area (Å²) >= 11 is 0.317. The molecule has 0 bridgehead atoms. The Bertz CT molecular complexity index is 622. The highest BCUT2D eigenvalue weighted by molar-refractivity contribution is 7.99. The summed E-state index contributed by atoms with van der Waals surface area (Å²) < 4.78 is 29.6. The first kappa shape index (κ1) is 16.4. The van der Waals surface area contributed by atoms with E-state index in [1.807, 2.05) is 0 Å². The lowest BCUT2D eigenvalue weighted by Crippen LogP contribution is -2.42. The predicted octanol–water partition coefficient (Wildman–Crippen LogP) is 1.53. The molecule has 1 aromatic rings. The fraction of sp³-hybridized carbons (Fsp3) is 0.308. The average Bonchev–Trinajstić information content (AvgIpc) is 2.50. The Balaban J connectivity index is 2.05. The van der Waals surface area contributed by atoms with Gasteiger partial charge in [0.1, 0.15) is 17.4 Å². The molecule has 0 unspecified atom stereocenters. The molecule has 22 heavy (non-hydrogen) atoms. The largest absolute Gasteiger partial charge is 0.560 e. The topological polar surface area (TPSA) is 75.6 Å². The summed E-state index contributed by atoms with van der Waals surface area (Å²) in [7, 11) is 1.35. The molecular weight excluding hydrogens is 315 g/mol. The second-order valence-electron chi connectivity index (χ2n) is 4.46. The molecule has 0 aliphatic carbocycles. The van der Waals surface area contributed by atoms with E-state index < -0.39 is 17.7 Å². The summed E-state index contributed by atoms with van der Waals surface area (Å²) in [6.07, 6.45) is 0.376. The summed E-state index contributed by atoms with van der Waals surface area (Å²) in [5.74, 6) is -2.44. The van der Waals surface area contributed by atoms with Crippen LogP contribution in [-0.2, 0) is 11.2 Å². The lowest BCUT2D eigenvalue weighted by atomic mass is 9.79. The highest BCUT2D eigenvalue weighted by Gasteiger charge is 2.26. The molecule has 1 aliphatic rings. The summed E-state index contributed by atoms with van der Waals surface area (Å²) in [5.41, 5.74) is 0.714. The highest BCUT2D eigenvalue weighted by Crippen LogP contribution is 2.28. The van der Waals surface area contributed by atoms with Crippen molar-refractivity contribution in [3.05, 3.63) is 35.0 Å². The Morgan fingerprint density at radius 2 is 2.36 bits per heavy atom. The molecule has 0 aromatic heterocycles. The first-order valence-electron chi connectivity index (χ1n) is 6.26. The zero-order valence-corrected chi connectivity index (χ0v) is 12.0. The molecule has 1 aromatic carbocycles. The number of benzene rings is 1. The van der Waals surface area contributed by atoms with Gasteiger partial charge in [-0.1, -0.05) is 23.9 Å². The molecular formula is C13H11BF2NO4S. The van der Waals surface area contributed by atoms with Gasteiger partial charge in [0.05, 0.1) is 5.56 Å². The third kappa shape index (κ3) is 4.02. The highest BCUT2D eigenvalue weighted by atomic mass is 32.2. The van der Waals surface area contributed by atoms with Crippen molar-refractivity contribution >= 4 is 31.2 Å². The van der Waals surface area contributed by atoms with Gasteiger partial charge >= 0.3 is 13.5 Å². The van der Waals surface area contributed by atoms with E-state index in [9.17, 15) is 18.4 Å². The number of fused-ring (bicyclic) bond motifs is 1. The van der Waals surface area contributed by atoms with E-state index in [1.165, 1.54) is 13.5 Å². The first-order chi connectivity index (χ1) is 10.5. The maximum absolute atomic E-state index is 12.1. The number of hydrogen-bond acceptors (Lipinski definition) is 5. The Labute approximate surface area is 130 Å². The Morgan fingerprint density at radius 3 is 3.00 bits per heavy atom. The number of rotatable bonds is 6. The van der Waals surface area contributed by atoms with E-state index in [1.54, 1.807) is 18.1 Å². The molecule has 115 valence electrons. The van der Waals surface area contributed by atoms with Crippen molar-refractivity contribution in [2.24, 2.45) is 0 Å². The fourth-order valence-corrected chi connectivity index (χ4v) is 2.48. The van der Waals surface area contributed by atoms with Gasteiger partial charge in [-0.15, -0.1) is 0 Å². The van der Waals surface area contributed by atoms with Crippen molar-refractivity contribution in [3.63, 3.8) is 0 Å². The molecule has 0 saturated heterocycles. The Kier molecular flexibility index (Phi) is 5.46. The van der Waals surface area contributed by atoms with Crippen LogP contribution >= 0.6 is 11.8 Å². The van der Waals surface area contributed by atoms with Gasteiger partial charge in [0.15, 0.2) is 0 Å². The zero-order valence-electron chi connectivity index (χ0n) is 11.2. The van der Waals surface area contributed by atoms with Crippen LogP contribution in [0.5, 0.6) is 5.75 Å². The quantitative estimate of drug-likeness (QED) is 0.610. The average molecular weight is 326 g/mol. The van der Waals surface area contributed by atoms with Crippen molar-refractivity contribution in [2.45, 2.75) is 18.1 Å². The van der Waals surface area contributed by atoms with E-state index in [2.05, 4.69) is 5.32 Å². The molecule has 0 saturated carbocycles. The van der Waals surface area contributed by atoms with E-state index in [0.717, 1.165) is 0 Å². The fourth-order valence-electron chi connectivity index (χ4n) is 2.04. The van der Waals surface area contributed by atoms with E-state index >= 15 is 0 Å². The van der Waals surface area contributed by atoms with Gasteiger partial charge in [-0.05, 0) is 18.1 Å². The second kappa shape index (κ2) is 7.33. The van der Waals surface area contributed by atoms with Crippen LogP contribution in [0.4, 0.5) is 8.78 Å². The van der Waals surface area contributed by atoms with Gasteiger partial charge in [-0.2, -0.15) is 8.78 Å². The van der Waals surface area contributed by atoms with E-state index in [0.29, 0.717) is 23.7 Å². The van der Waals surface area contributed by atoms with Crippen molar-refractivity contribution in [3.8, 4) is 5.75 Å². The first-order valence-corrected chi connectivity index (χ1v) is 7.31. The van der Waals surface area contributed by atoms with Crippen LogP contribution in [0.1, 0.15) is 15.9 Å². The molecule has 2 N–H and O–H groups in total. The van der Waals surface area contributed by atoms with Crippen LogP contribution in [0.2, 0.25) is 0 Å². The number of thioether (sulfide) groups is 1. The van der Waals surface area contributed by atoms with E-state index in [4.69, 9.17) is 9.76 Å². The number of carbonyl (C=O) groups is 1. The van der Waals surface area contributed by atoms with Crippen molar-refractivity contribution < 1.29 is 28.1 Å². The minimum absolute atomic E-state index is 0.00740. The normalized spacial score (nSPS) is 16.0. The van der Waals surface area contributed by atoms with Crippen LogP contribution in [0.3, 0.4) is 0 Å². The molecule has 0 amide bonds. The summed E-state index contributed by atoms with van der Waals surface area (Å²) in [6, 6.07) is 4.73. The number of alkyl halides is 2. The molecule has 1 atom stereocenters. The Hall–Kier alpha value is -1.99. The zero-order chi connectivity index (χ0) is 16.1. The summed E-state index contributed by atoms with van der Waals surface area (Å²) in [6.45, 7) is 0. The summed E-state index contributed by atoms with van der Waals surface area (Å²) in [4.78, 5) is 21.9. The van der Waals surface area contributed by atoms with Crippen LogP contribution in [-0.4, -0.2) is 42.0 Å². The van der Waals surface area contributed by atoms with Crippen molar-refractivity contribution in [2.75, 3.05) is 5.75 Å². The maximum Gasteiger partial charge on any atom is 0.394 e. The molecule has 1 radical (unpaired) electrons. The third-order valence-electron chi connectivity index (χ3n) is 2.95. The number of carboxylic acids is 1. The predicted molar refractivity (Wildman–Crippen MR) is 78.1 cm³/mol. The van der Waals surface area contributed by atoms with Gasteiger partial charge < -0.3 is 15.1 Å². The van der Waals surface area contributed by atoms with E-state index in [-0.39, 0.29) is 22.8 Å². The maximum atomic E-state index is 12.1. The molecule has 9 heteroatoms. The smallest absolute Gasteiger partial charge is 0.394 e. The van der Waals surface area contributed by atoms with Crippen molar-refractivity contribution in [1.29, 1.82) is 0 Å². The summed E-state index contributed by atoms with van der Waals surface area (Å²) in [5, 5.41) is 11.8. The minimum Gasteiger partial charge on any atom is -0.560 e. The molecule has 1 heterocycles. The van der Waals surface area contributed by atoms with Gasteiger partial charge in [-0.25, -0.2) is 9.59 Å². The number of halogens is 2. The lowest BCUT2D eigenvalue weighted by Gasteiger charge is -2.26. The lowest BCUT2D eigenvalue weighted by molar-refractivity contribution is 0.0694. The van der Waals surface area contributed by atoms with Gasteiger partial charge in [-0.3, -0.25) is 0 Å². The molecule has 0 spiro atoms. The van der Waals surface area contributed by atoms with Crippen LogP contribution in [0, 0.1) is 0 Å².